The van der Waals surface area contributed by atoms with E-state index in [2.05, 4.69) is 0 Å². The smallest absolute Gasteiger partial charge is 0.337 e. The van der Waals surface area contributed by atoms with Crippen molar-refractivity contribution in [3.63, 3.8) is 0 Å². The van der Waals surface area contributed by atoms with Gasteiger partial charge in [0, 0.05) is 13.8 Å². The Kier molecular flexibility index (Phi) is 5.50. The van der Waals surface area contributed by atoms with Gasteiger partial charge in [-0.3, -0.25) is 9.59 Å². The highest BCUT2D eigenvalue weighted by Crippen LogP contribution is 2.30. The quantitative estimate of drug-likeness (QED) is 0.376. The number of alkyl halides is 1. The van der Waals surface area contributed by atoms with Gasteiger partial charge < -0.3 is 24.4 Å². The Bertz CT molecular complexity index is 384. The predicted molar refractivity (Wildman–Crippen MR) is 67.4 cm³/mol. The Hall–Kier alpha value is -0.940. The van der Waals surface area contributed by atoms with Crippen molar-refractivity contribution in [2.24, 2.45) is 0 Å². The van der Waals surface area contributed by atoms with Gasteiger partial charge in [-0.2, -0.15) is 0 Å². The zero-order valence-electron chi connectivity index (χ0n) is 10.1. The van der Waals surface area contributed by atoms with Gasteiger partial charge in [-0.15, -0.1) is 0 Å². The number of halogens is 1. The van der Waals surface area contributed by atoms with E-state index in [1.165, 1.54) is 0 Å². The third kappa shape index (κ3) is 4.01. The van der Waals surface area contributed by atoms with Crippen LogP contribution in [-0.4, -0.2) is 56.6 Å². The lowest BCUT2D eigenvalue weighted by atomic mass is 10.0. The number of carbonyl (C=O) groups excluding carboxylic acids is 2. The first-order valence-electron chi connectivity index (χ1n) is 5.29. The third-order valence-corrected chi connectivity index (χ3v) is 3.67. The van der Waals surface area contributed by atoms with E-state index in [-0.39, 0.29) is 0 Å². The van der Waals surface area contributed by atoms with Crippen LogP contribution in [0.4, 0.5) is 0 Å². The summed E-state index contributed by atoms with van der Waals surface area (Å²) >= 11 is 1.74. The first-order valence-corrected chi connectivity index (χ1v) is 6.53. The molecule has 19 heavy (non-hydrogen) atoms. The molecule has 8 nitrogen and oxygen atoms in total. The lowest BCUT2D eigenvalue weighted by Gasteiger charge is -2.39. The van der Waals surface area contributed by atoms with Crippen molar-refractivity contribution in [2.75, 3.05) is 0 Å². The van der Waals surface area contributed by atoms with Crippen molar-refractivity contribution in [1.82, 2.24) is 0 Å². The van der Waals surface area contributed by atoms with Gasteiger partial charge in [0.2, 0.25) is 0 Å². The summed E-state index contributed by atoms with van der Waals surface area (Å²) in [5.74, 6) is -2.84. The highest BCUT2D eigenvalue weighted by atomic mass is 127. The van der Waals surface area contributed by atoms with Crippen molar-refractivity contribution < 1.29 is 38.8 Å². The molecule has 0 saturated carbocycles. The van der Waals surface area contributed by atoms with E-state index >= 15 is 0 Å². The van der Waals surface area contributed by atoms with Crippen molar-refractivity contribution >= 4 is 40.5 Å². The first-order chi connectivity index (χ1) is 8.73. The highest BCUT2D eigenvalue weighted by Gasteiger charge is 2.51. The average molecular weight is 388 g/mol. The number of carboxylic acids is 1. The van der Waals surface area contributed by atoms with Crippen molar-refractivity contribution in [3.8, 4) is 0 Å². The summed E-state index contributed by atoms with van der Waals surface area (Å²) < 4.78 is 13.9. The normalized spacial score (nSPS) is 34.4. The van der Waals surface area contributed by atoms with Crippen molar-refractivity contribution in [3.05, 3.63) is 0 Å². The fraction of sp³-hybridized carbons (Fsp3) is 0.700. The number of aliphatic hydroxyl groups excluding tert-OH is 1. The van der Waals surface area contributed by atoms with Crippen molar-refractivity contribution in [2.45, 2.75) is 42.4 Å². The van der Waals surface area contributed by atoms with Gasteiger partial charge in [0.15, 0.2) is 24.6 Å². The topological polar surface area (TPSA) is 119 Å². The molecule has 0 spiro atoms. The number of hydrogen-bond donors (Lipinski definition) is 2. The number of hydrogen-bond acceptors (Lipinski definition) is 7. The molecule has 0 bridgehead atoms. The monoisotopic (exact) mass is 388 g/mol. The Balaban J connectivity index is 3.04. The molecule has 9 heteroatoms. The maximum Gasteiger partial charge on any atom is 0.337 e. The second-order valence-corrected chi connectivity index (χ2v) is 5.32. The molecule has 5 atom stereocenters. The van der Waals surface area contributed by atoms with E-state index in [0.29, 0.717) is 0 Å². The molecule has 2 N–H and O–H groups in total. The number of esters is 2. The molecule has 0 aromatic heterocycles. The molecule has 1 aliphatic rings. The Labute approximate surface area is 122 Å². The Morgan fingerprint density at radius 2 is 1.58 bits per heavy atom. The molecule has 0 amide bonds. The number of rotatable bonds is 3. The van der Waals surface area contributed by atoms with Crippen LogP contribution in [0.15, 0.2) is 0 Å². The minimum atomic E-state index is -1.60. The number of ether oxygens (including phenoxy) is 3. The Morgan fingerprint density at radius 3 is 2.00 bits per heavy atom. The number of carboxylic acid groups (broad SMARTS) is 1. The fourth-order valence-electron chi connectivity index (χ4n) is 1.66. The summed E-state index contributed by atoms with van der Waals surface area (Å²) in [6.07, 6.45) is -5.47. The van der Waals surface area contributed by atoms with E-state index in [9.17, 15) is 19.5 Å². The molecule has 0 radical (unpaired) electrons. The van der Waals surface area contributed by atoms with Crippen LogP contribution in [-0.2, 0) is 28.6 Å². The molecule has 1 heterocycles. The maximum absolute atomic E-state index is 11.1. The largest absolute Gasteiger partial charge is 0.479 e. The molecule has 1 fully saturated rings. The molecule has 108 valence electrons. The van der Waals surface area contributed by atoms with Crippen LogP contribution in [0.3, 0.4) is 0 Å². The zero-order valence-corrected chi connectivity index (χ0v) is 12.3. The van der Waals surface area contributed by atoms with Crippen LogP contribution >= 0.6 is 22.6 Å². The van der Waals surface area contributed by atoms with Gasteiger partial charge in [0.25, 0.3) is 0 Å². The van der Waals surface area contributed by atoms with E-state index < -0.39 is 46.4 Å². The van der Waals surface area contributed by atoms with Crippen LogP contribution in [0.5, 0.6) is 0 Å². The molecular weight excluding hydrogens is 375 g/mol. The van der Waals surface area contributed by atoms with Gasteiger partial charge in [0.05, 0.1) is 0 Å². The molecule has 1 aliphatic heterocycles. The SMILES string of the molecule is CC(=O)O[C@@H]1[C@@H](I)[C@@H](O)O[C@H](C(=O)O)[C@H]1OC(C)=O. The summed E-state index contributed by atoms with van der Waals surface area (Å²) in [5.41, 5.74) is 0. The lowest BCUT2D eigenvalue weighted by Crippen LogP contribution is -2.60. The minimum Gasteiger partial charge on any atom is -0.479 e. The molecule has 0 aliphatic carbocycles. The summed E-state index contributed by atoms with van der Waals surface area (Å²) in [5, 5.41) is 18.6. The van der Waals surface area contributed by atoms with Gasteiger partial charge in [-0.1, -0.05) is 22.6 Å². The van der Waals surface area contributed by atoms with Gasteiger partial charge >= 0.3 is 17.9 Å². The van der Waals surface area contributed by atoms with Crippen LogP contribution in [0.2, 0.25) is 0 Å². The van der Waals surface area contributed by atoms with Gasteiger partial charge in [0.1, 0.15) is 3.92 Å². The molecule has 1 saturated heterocycles. The summed E-state index contributed by atoms with van der Waals surface area (Å²) in [4.78, 5) is 33.1. The maximum atomic E-state index is 11.1. The third-order valence-electron chi connectivity index (χ3n) is 2.34. The van der Waals surface area contributed by atoms with Gasteiger partial charge in [-0.05, 0) is 0 Å². The highest BCUT2D eigenvalue weighted by molar-refractivity contribution is 14.1. The molecular formula is C10H13IO8. The Morgan fingerprint density at radius 1 is 1.11 bits per heavy atom. The van der Waals surface area contributed by atoms with E-state index in [1.54, 1.807) is 22.6 Å². The molecule has 0 unspecified atom stereocenters. The van der Waals surface area contributed by atoms with Crippen LogP contribution in [0, 0.1) is 0 Å². The van der Waals surface area contributed by atoms with Crippen LogP contribution < -0.4 is 0 Å². The molecule has 1 rings (SSSR count). The first kappa shape index (κ1) is 16.1. The summed E-state index contributed by atoms with van der Waals surface area (Å²) in [6.45, 7) is 2.22. The second-order valence-electron chi connectivity index (χ2n) is 3.88. The number of carbonyl (C=O) groups is 3. The summed E-state index contributed by atoms with van der Waals surface area (Å²) in [6, 6.07) is 0. The molecule has 0 aromatic carbocycles. The van der Waals surface area contributed by atoms with Gasteiger partial charge in [-0.25, -0.2) is 4.79 Å². The van der Waals surface area contributed by atoms with Crippen LogP contribution in [0.1, 0.15) is 13.8 Å². The van der Waals surface area contributed by atoms with E-state index in [1.807, 2.05) is 0 Å². The second kappa shape index (κ2) is 6.48. The minimum absolute atomic E-state index is 0.679. The lowest BCUT2D eigenvalue weighted by molar-refractivity contribution is -0.241. The number of aliphatic carboxylic acids is 1. The average Bonchev–Trinajstić information content (AvgIpc) is 2.26. The predicted octanol–water partition coefficient (Wildman–Crippen LogP) is -0.545. The van der Waals surface area contributed by atoms with Crippen LogP contribution in [0.25, 0.3) is 0 Å². The zero-order chi connectivity index (χ0) is 14.7. The molecule has 0 aromatic rings. The standard InChI is InChI=1S/C10H13IO8/c1-3(12)17-6-5(11)10(16)19-8(9(14)15)7(6)18-4(2)13/h5-8,10,16H,1-2H3,(H,14,15)/t5-,6-,7+,8+,10+/m1/s1. The van der Waals surface area contributed by atoms with Crippen molar-refractivity contribution in [1.29, 1.82) is 0 Å². The number of aliphatic hydroxyl groups is 1. The fourth-order valence-corrected chi connectivity index (χ4v) is 2.39. The van der Waals surface area contributed by atoms with E-state index in [4.69, 9.17) is 19.3 Å². The van der Waals surface area contributed by atoms with E-state index in [0.717, 1.165) is 13.8 Å². The summed E-state index contributed by atoms with van der Waals surface area (Å²) in [7, 11) is 0.